The Labute approximate surface area is 192 Å². The molecule has 2 aromatic heterocycles. The van der Waals surface area contributed by atoms with Crippen molar-refractivity contribution >= 4 is 23.7 Å². The molecule has 0 unspecified atom stereocenters. The van der Waals surface area contributed by atoms with E-state index in [1.54, 1.807) is 24.8 Å². The number of nitrogens with two attached hydrogens (primary N) is 1. The molecule has 0 saturated carbocycles. The second-order valence-corrected chi connectivity index (χ2v) is 7.61. The Bertz CT molecular complexity index is 1150. The predicted octanol–water partition coefficient (Wildman–Crippen LogP) is 3.07. The minimum atomic E-state index is 0.536. The summed E-state index contributed by atoms with van der Waals surface area (Å²) in [4.78, 5) is 22.6. The summed E-state index contributed by atoms with van der Waals surface area (Å²) in [6.45, 7) is 3.42. The van der Waals surface area contributed by atoms with Crippen LogP contribution in [0.5, 0.6) is 11.6 Å². The van der Waals surface area contributed by atoms with E-state index >= 15 is 0 Å². The van der Waals surface area contributed by atoms with Gasteiger partial charge in [-0.3, -0.25) is 9.98 Å². The zero-order chi connectivity index (χ0) is 22.5. The third-order valence-electron chi connectivity index (χ3n) is 5.50. The summed E-state index contributed by atoms with van der Waals surface area (Å²) in [5.41, 5.74) is 8.56. The molecule has 5 rings (SSSR count). The van der Waals surface area contributed by atoms with Crippen LogP contribution in [-0.2, 0) is 11.2 Å². The molecule has 9 nitrogen and oxygen atoms in total. The van der Waals surface area contributed by atoms with Crippen molar-refractivity contribution in [3.8, 4) is 11.6 Å². The molecule has 1 saturated heterocycles. The van der Waals surface area contributed by atoms with Gasteiger partial charge in [-0.25, -0.2) is 0 Å². The second kappa shape index (κ2) is 9.66. The first kappa shape index (κ1) is 20.9. The minimum absolute atomic E-state index is 0.536. The molecule has 0 amide bonds. The van der Waals surface area contributed by atoms with E-state index in [0.29, 0.717) is 37.3 Å². The zero-order valence-corrected chi connectivity index (χ0v) is 18.2. The molecule has 1 aromatic carbocycles. The average Bonchev–Trinajstić information content (AvgIpc) is 3.30. The summed E-state index contributed by atoms with van der Waals surface area (Å²) >= 11 is 0. The number of aliphatic imine (C=N–C) groups is 1. The molecule has 168 valence electrons. The smallest absolute Gasteiger partial charge is 0.230 e. The zero-order valence-electron chi connectivity index (χ0n) is 18.2. The number of anilines is 2. The number of ether oxygens (including phenoxy) is 2. The summed E-state index contributed by atoms with van der Waals surface area (Å²) in [6, 6.07) is 13.5. The Balaban J connectivity index is 1.51. The molecule has 2 aliphatic rings. The van der Waals surface area contributed by atoms with Gasteiger partial charge in [-0.2, -0.15) is 9.97 Å². The van der Waals surface area contributed by atoms with Gasteiger partial charge >= 0.3 is 0 Å². The van der Waals surface area contributed by atoms with Crippen molar-refractivity contribution in [2.45, 2.75) is 6.42 Å². The van der Waals surface area contributed by atoms with Crippen LogP contribution < -0.4 is 20.3 Å². The van der Waals surface area contributed by atoms with Gasteiger partial charge in [0.2, 0.25) is 11.8 Å². The van der Waals surface area contributed by atoms with Crippen molar-refractivity contribution < 1.29 is 9.47 Å². The van der Waals surface area contributed by atoms with Crippen LogP contribution in [0.2, 0.25) is 0 Å². The predicted molar refractivity (Wildman–Crippen MR) is 127 cm³/mol. The van der Waals surface area contributed by atoms with E-state index in [2.05, 4.69) is 19.8 Å². The quantitative estimate of drug-likeness (QED) is 0.580. The molecule has 4 heterocycles. The molecule has 0 atom stereocenters. The van der Waals surface area contributed by atoms with Gasteiger partial charge in [0, 0.05) is 32.0 Å². The fraction of sp³-hybridized carbons (Fsp3) is 0.250. The number of fused-ring (bicyclic) bond motifs is 1. The summed E-state index contributed by atoms with van der Waals surface area (Å²) in [5.74, 6) is 2.55. The number of para-hydroxylation sites is 1. The van der Waals surface area contributed by atoms with E-state index in [9.17, 15) is 0 Å². The standard InChI is InChI=1S/C24H25N7O2/c25-15-19(16-27-18-5-2-1-3-6-18)31-10-8-21-22(31)28-24(30-11-13-32-14-12-30)29-23(21)33-20-7-4-9-26-17-20/h1-7,9,15-17H,8,10-14,25H2. The van der Waals surface area contributed by atoms with E-state index in [4.69, 9.17) is 25.2 Å². The highest BCUT2D eigenvalue weighted by molar-refractivity contribution is 5.87. The fourth-order valence-electron chi connectivity index (χ4n) is 3.83. The molecule has 0 spiro atoms. The number of hydrogen-bond acceptors (Lipinski definition) is 9. The Morgan fingerprint density at radius 2 is 1.91 bits per heavy atom. The van der Waals surface area contributed by atoms with Gasteiger partial charge in [-0.05, 0) is 30.7 Å². The van der Waals surface area contributed by atoms with Crippen LogP contribution in [0, 0.1) is 0 Å². The number of rotatable bonds is 6. The number of benzene rings is 1. The van der Waals surface area contributed by atoms with Crippen LogP contribution in [0.4, 0.5) is 17.5 Å². The summed E-state index contributed by atoms with van der Waals surface area (Å²) in [6.07, 6.45) is 7.43. The number of hydrogen-bond donors (Lipinski definition) is 1. The van der Waals surface area contributed by atoms with Gasteiger partial charge in [0.1, 0.15) is 11.6 Å². The Kier molecular flexibility index (Phi) is 6.12. The monoisotopic (exact) mass is 443 g/mol. The normalized spacial score (nSPS) is 16.3. The molecule has 0 radical (unpaired) electrons. The highest BCUT2D eigenvalue weighted by atomic mass is 16.5. The molecular weight excluding hydrogens is 418 g/mol. The molecule has 2 N–H and O–H groups in total. The highest BCUT2D eigenvalue weighted by Crippen LogP contribution is 2.38. The van der Waals surface area contributed by atoms with Crippen molar-refractivity contribution in [2.75, 3.05) is 42.6 Å². The van der Waals surface area contributed by atoms with Gasteiger partial charge in [-0.1, -0.05) is 18.2 Å². The lowest BCUT2D eigenvalue weighted by molar-refractivity contribution is 0.122. The summed E-state index contributed by atoms with van der Waals surface area (Å²) < 4.78 is 11.7. The van der Waals surface area contributed by atoms with Crippen molar-refractivity contribution in [1.82, 2.24) is 15.0 Å². The van der Waals surface area contributed by atoms with Crippen LogP contribution in [0.1, 0.15) is 5.56 Å². The Morgan fingerprint density at radius 1 is 1.06 bits per heavy atom. The third-order valence-corrected chi connectivity index (χ3v) is 5.50. The van der Waals surface area contributed by atoms with Crippen LogP contribution in [0.25, 0.3) is 0 Å². The molecule has 0 aliphatic carbocycles. The van der Waals surface area contributed by atoms with Gasteiger partial charge in [0.25, 0.3) is 0 Å². The lowest BCUT2D eigenvalue weighted by Gasteiger charge is -2.28. The maximum Gasteiger partial charge on any atom is 0.230 e. The Hall–Kier alpha value is -3.98. The lowest BCUT2D eigenvalue weighted by atomic mass is 10.2. The van der Waals surface area contributed by atoms with E-state index in [1.807, 2.05) is 42.5 Å². The first-order valence-corrected chi connectivity index (χ1v) is 10.9. The lowest BCUT2D eigenvalue weighted by Crippen LogP contribution is -2.37. The minimum Gasteiger partial charge on any atom is -0.437 e. The molecular formula is C24H25N7O2. The van der Waals surface area contributed by atoms with E-state index in [1.165, 1.54) is 0 Å². The number of nitrogens with zero attached hydrogens (tertiary/aromatic N) is 6. The topological polar surface area (TPSA) is 102 Å². The molecule has 0 bridgehead atoms. The number of pyridine rings is 1. The van der Waals surface area contributed by atoms with E-state index in [-0.39, 0.29) is 0 Å². The number of aromatic nitrogens is 3. The van der Waals surface area contributed by atoms with E-state index in [0.717, 1.165) is 42.3 Å². The van der Waals surface area contributed by atoms with Gasteiger partial charge in [0.05, 0.1) is 42.6 Å². The fourth-order valence-corrected chi connectivity index (χ4v) is 3.83. The molecule has 9 heteroatoms. The van der Waals surface area contributed by atoms with Crippen LogP contribution in [0.15, 0.2) is 71.7 Å². The molecule has 2 aliphatic heterocycles. The van der Waals surface area contributed by atoms with E-state index < -0.39 is 0 Å². The summed E-state index contributed by atoms with van der Waals surface area (Å²) in [5, 5.41) is 0. The van der Waals surface area contributed by atoms with Crippen LogP contribution in [-0.4, -0.2) is 54.0 Å². The third kappa shape index (κ3) is 4.63. The Morgan fingerprint density at radius 3 is 2.67 bits per heavy atom. The highest BCUT2D eigenvalue weighted by Gasteiger charge is 2.30. The number of allylic oxidation sites excluding steroid dienone is 1. The molecule has 3 aromatic rings. The first-order chi connectivity index (χ1) is 16.3. The van der Waals surface area contributed by atoms with Gasteiger partial charge in [-0.15, -0.1) is 0 Å². The van der Waals surface area contributed by atoms with Crippen LogP contribution in [0.3, 0.4) is 0 Å². The van der Waals surface area contributed by atoms with Gasteiger partial charge < -0.3 is 25.0 Å². The second-order valence-electron chi connectivity index (χ2n) is 7.61. The number of morpholine rings is 1. The van der Waals surface area contributed by atoms with Crippen LogP contribution >= 0.6 is 0 Å². The molecule has 33 heavy (non-hydrogen) atoms. The maximum absolute atomic E-state index is 6.16. The summed E-state index contributed by atoms with van der Waals surface area (Å²) in [7, 11) is 0. The van der Waals surface area contributed by atoms with Crippen molar-refractivity contribution in [3.63, 3.8) is 0 Å². The van der Waals surface area contributed by atoms with Crippen molar-refractivity contribution in [2.24, 2.45) is 10.7 Å². The van der Waals surface area contributed by atoms with Crippen molar-refractivity contribution in [3.05, 3.63) is 72.3 Å². The van der Waals surface area contributed by atoms with Crippen molar-refractivity contribution in [1.29, 1.82) is 0 Å². The molecule has 1 fully saturated rings. The maximum atomic E-state index is 6.16. The first-order valence-electron chi connectivity index (χ1n) is 10.9. The van der Waals surface area contributed by atoms with Gasteiger partial charge in [0.15, 0.2) is 0 Å². The largest absolute Gasteiger partial charge is 0.437 e. The SMILES string of the molecule is NC=C(C=Nc1ccccc1)N1CCc2c(Oc3cccnc3)nc(N3CCOCC3)nc21. The average molecular weight is 444 g/mol.